The molecule has 0 bridgehead atoms. The van der Waals surface area contributed by atoms with Gasteiger partial charge in [0, 0.05) is 12.2 Å². The van der Waals surface area contributed by atoms with Gasteiger partial charge in [-0.05, 0) is 18.9 Å². The highest BCUT2D eigenvalue weighted by Gasteiger charge is 2.30. The van der Waals surface area contributed by atoms with Crippen molar-refractivity contribution in [3.05, 3.63) is 18.0 Å². The smallest absolute Gasteiger partial charge is 0.280 e. The van der Waals surface area contributed by atoms with Gasteiger partial charge in [-0.15, -0.1) is 0 Å². The predicted octanol–water partition coefficient (Wildman–Crippen LogP) is 1.48. The second kappa shape index (κ2) is 3.06. The zero-order chi connectivity index (χ0) is 9.42. The van der Waals surface area contributed by atoms with Crippen LogP contribution in [-0.2, 0) is 0 Å². The summed E-state index contributed by atoms with van der Waals surface area (Å²) >= 11 is 0. The molecule has 1 fully saturated rings. The van der Waals surface area contributed by atoms with Crippen molar-refractivity contribution < 1.29 is 8.78 Å². The summed E-state index contributed by atoms with van der Waals surface area (Å²) in [5.41, 5.74) is 5.57. The van der Waals surface area contributed by atoms with E-state index < -0.39 is 6.43 Å². The maximum absolute atomic E-state index is 12.4. The van der Waals surface area contributed by atoms with Gasteiger partial charge < -0.3 is 5.73 Å². The molecular weight excluding hydrogens is 176 g/mol. The molecule has 13 heavy (non-hydrogen) atoms. The minimum Gasteiger partial charge on any atom is -0.328 e. The normalized spacial score (nSPS) is 27.7. The largest absolute Gasteiger partial charge is 0.328 e. The number of nitrogens with zero attached hydrogens (tertiary/aromatic N) is 2. The van der Waals surface area contributed by atoms with Crippen molar-refractivity contribution in [1.29, 1.82) is 0 Å². The van der Waals surface area contributed by atoms with Gasteiger partial charge in [-0.1, -0.05) is 0 Å². The van der Waals surface area contributed by atoms with Crippen molar-refractivity contribution >= 4 is 0 Å². The summed E-state index contributed by atoms with van der Waals surface area (Å²) in [6.45, 7) is 0. The van der Waals surface area contributed by atoms with E-state index in [1.807, 2.05) is 0 Å². The fourth-order valence-electron chi connectivity index (χ4n) is 1.63. The van der Waals surface area contributed by atoms with Crippen molar-refractivity contribution in [3.63, 3.8) is 0 Å². The Morgan fingerprint density at radius 1 is 1.54 bits per heavy atom. The topological polar surface area (TPSA) is 43.8 Å². The maximum atomic E-state index is 12.4. The Balaban J connectivity index is 2.16. The van der Waals surface area contributed by atoms with Crippen LogP contribution in [-0.4, -0.2) is 15.8 Å². The lowest BCUT2D eigenvalue weighted by Crippen LogP contribution is -2.38. The van der Waals surface area contributed by atoms with Crippen LogP contribution in [0.1, 0.15) is 31.0 Å². The van der Waals surface area contributed by atoms with E-state index in [1.54, 1.807) is 0 Å². The summed E-state index contributed by atoms with van der Waals surface area (Å²) in [5, 5.41) is 3.88. The first-order chi connectivity index (χ1) is 6.18. The van der Waals surface area contributed by atoms with Gasteiger partial charge in [-0.2, -0.15) is 5.10 Å². The lowest BCUT2D eigenvalue weighted by molar-refractivity contribution is 0.126. The van der Waals surface area contributed by atoms with E-state index in [1.165, 1.54) is 16.9 Å². The van der Waals surface area contributed by atoms with Gasteiger partial charge in [0.25, 0.3) is 6.43 Å². The molecule has 0 atom stereocenters. The molecule has 0 spiro atoms. The van der Waals surface area contributed by atoms with Crippen LogP contribution in [0.2, 0.25) is 0 Å². The first-order valence-corrected chi connectivity index (χ1v) is 4.25. The van der Waals surface area contributed by atoms with Crippen molar-refractivity contribution in [2.24, 2.45) is 5.73 Å². The predicted molar refractivity (Wildman–Crippen MR) is 43.4 cm³/mol. The van der Waals surface area contributed by atoms with Gasteiger partial charge in [0.05, 0.1) is 6.04 Å². The first kappa shape index (κ1) is 8.62. The Kier molecular flexibility index (Phi) is 2.03. The van der Waals surface area contributed by atoms with Gasteiger partial charge in [0.15, 0.2) is 0 Å². The molecule has 1 aromatic rings. The molecule has 0 unspecified atom stereocenters. The van der Waals surface area contributed by atoms with Crippen LogP contribution in [0, 0.1) is 0 Å². The molecule has 2 N–H and O–H groups in total. The van der Waals surface area contributed by atoms with Gasteiger partial charge in [0.1, 0.15) is 5.69 Å². The molecule has 1 heterocycles. The Labute approximate surface area is 74.5 Å². The molecule has 0 saturated heterocycles. The van der Waals surface area contributed by atoms with E-state index in [0.29, 0.717) is 0 Å². The first-order valence-electron chi connectivity index (χ1n) is 4.25. The van der Waals surface area contributed by atoms with E-state index >= 15 is 0 Å². The van der Waals surface area contributed by atoms with E-state index in [4.69, 9.17) is 5.73 Å². The van der Waals surface area contributed by atoms with Crippen molar-refractivity contribution in [1.82, 2.24) is 9.78 Å². The van der Waals surface area contributed by atoms with Crippen LogP contribution in [0.25, 0.3) is 0 Å². The number of halogens is 2. The Hall–Kier alpha value is -0.970. The van der Waals surface area contributed by atoms with E-state index in [9.17, 15) is 8.78 Å². The minimum atomic E-state index is -2.45. The highest BCUT2D eigenvalue weighted by atomic mass is 19.3. The zero-order valence-corrected chi connectivity index (χ0v) is 7.03. The molecule has 0 radical (unpaired) electrons. The third-order valence-corrected chi connectivity index (χ3v) is 2.42. The second-order valence-corrected chi connectivity index (χ2v) is 3.39. The monoisotopic (exact) mass is 187 g/mol. The fourth-order valence-corrected chi connectivity index (χ4v) is 1.63. The van der Waals surface area contributed by atoms with Crippen molar-refractivity contribution in [2.75, 3.05) is 0 Å². The molecule has 1 aliphatic rings. The van der Waals surface area contributed by atoms with E-state index in [-0.39, 0.29) is 17.8 Å². The van der Waals surface area contributed by atoms with Crippen molar-refractivity contribution in [2.45, 2.75) is 31.4 Å². The molecular formula is C8H11F2N3. The highest BCUT2D eigenvalue weighted by molar-refractivity contribution is 5.05. The van der Waals surface area contributed by atoms with Crippen LogP contribution in [0.15, 0.2) is 12.3 Å². The average molecular weight is 187 g/mol. The molecule has 0 amide bonds. The van der Waals surface area contributed by atoms with Gasteiger partial charge >= 0.3 is 0 Å². The lowest BCUT2D eigenvalue weighted by Gasteiger charge is -2.33. The van der Waals surface area contributed by atoms with Gasteiger partial charge in [-0.25, -0.2) is 8.78 Å². The summed E-state index contributed by atoms with van der Waals surface area (Å²) in [6.07, 6.45) is 0.466. The summed E-state index contributed by atoms with van der Waals surface area (Å²) in [7, 11) is 0. The van der Waals surface area contributed by atoms with Crippen LogP contribution < -0.4 is 5.73 Å². The molecule has 1 aromatic heterocycles. The van der Waals surface area contributed by atoms with E-state index in [2.05, 4.69) is 5.10 Å². The Morgan fingerprint density at radius 3 is 2.77 bits per heavy atom. The third kappa shape index (κ3) is 1.44. The SMILES string of the molecule is NC1CC(n2nccc2C(F)F)C1. The summed E-state index contributed by atoms with van der Waals surface area (Å²) < 4.78 is 26.2. The Morgan fingerprint density at radius 2 is 2.23 bits per heavy atom. The quantitative estimate of drug-likeness (QED) is 0.762. The third-order valence-electron chi connectivity index (χ3n) is 2.42. The summed E-state index contributed by atoms with van der Waals surface area (Å²) in [5.74, 6) is 0. The standard InChI is InChI=1S/C8H11F2N3/c9-8(10)7-1-2-12-13(7)6-3-5(11)4-6/h1-2,5-6,8H,3-4,11H2. The molecule has 2 rings (SSSR count). The van der Waals surface area contributed by atoms with Gasteiger partial charge in [0.2, 0.25) is 0 Å². The Bertz CT molecular complexity index is 291. The number of rotatable bonds is 2. The molecule has 1 saturated carbocycles. The fraction of sp³-hybridized carbons (Fsp3) is 0.625. The number of hydrogen-bond acceptors (Lipinski definition) is 2. The molecule has 3 nitrogen and oxygen atoms in total. The van der Waals surface area contributed by atoms with Crippen LogP contribution in [0.3, 0.4) is 0 Å². The van der Waals surface area contributed by atoms with Crippen LogP contribution >= 0.6 is 0 Å². The molecule has 72 valence electrons. The number of alkyl halides is 2. The van der Waals surface area contributed by atoms with E-state index in [0.717, 1.165) is 12.8 Å². The number of nitrogens with two attached hydrogens (primary N) is 1. The van der Waals surface area contributed by atoms with Gasteiger partial charge in [-0.3, -0.25) is 4.68 Å². The molecule has 1 aliphatic carbocycles. The molecule has 0 aromatic carbocycles. The van der Waals surface area contributed by atoms with Crippen molar-refractivity contribution in [3.8, 4) is 0 Å². The number of hydrogen-bond donors (Lipinski definition) is 1. The summed E-state index contributed by atoms with van der Waals surface area (Å²) in [6, 6.07) is 1.59. The summed E-state index contributed by atoms with van der Waals surface area (Å²) in [4.78, 5) is 0. The minimum absolute atomic E-state index is 0.00287. The molecule has 0 aliphatic heterocycles. The lowest BCUT2D eigenvalue weighted by atomic mass is 9.87. The van der Waals surface area contributed by atoms with Crippen LogP contribution in [0.4, 0.5) is 8.78 Å². The second-order valence-electron chi connectivity index (χ2n) is 3.39. The zero-order valence-electron chi connectivity index (χ0n) is 7.03. The van der Waals surface area contributed by atoms with Crippen LogP contribution in [0.5, 0.6) is 0 Å². The highest BCUT2D eigenvalue weighted by Crippen LogP contribution is 2.33. The number of aromatic nitrogens is 2. The molecule has 5 heteroatoms. The maximum Gasteiger partial charge on any atom is 0.280 e. The average Bonchev–Trinajstić information content (AvgIpc) is 2.45.